The molecular formula is C20H21FeN3. The number of hydrogen-bond acceptors (Lipinski definition) is 2. The molecule has 0 aliphatic heterocycles. The van der Waals surface area contributed by atoms with Gasteiger partial charge in [-0.05, 0) is 11.9 Å². The molecule has 0 aliphatic carbocycles. The summed E-state index contributed by atoms with van der Waals surface area (Å²) in [5.74, 6) is 0. The Morgan fingerprint density at radius 1 is 1.04 bits per heavy atom. The minimum absolute atomic E-state index is 0. The van der Waals surface area contributed by atoms with Crippen molar-refractivity contribution in [2.24, 2.45) is 0 Å². The van der Waals surface area contributed by atoms with E-state index in [1.807, 2.05) is 59.2 Å². The Labute approximate surface area is 153 Å². The summed E-state index contributed by atoms with van der Waals surface area (Å²) in [6.07, 6.45) is 1.84. The van der Waals surface area contributed by atoms with Crippen LogP contribution in [0.15, 0.2) is 72.9 Å². The fourth-order valence-electron chi connectivity index (χ4n) is 2.35. The summed E-state index contributed by atoms with van der Waals surface area (Å²) in [5, 5.41) is 4.69. The van der Waals surface area contributed by atoms with Gasteiger partial charge < -0.3 is 0 Å². The van der Waals surface area contributed by atoms with Crippen LogP contribution in [0.4, 0.5) is 0 Å². The molecular weight excluding hydrogens is 338 g/mol. The number of rotatable bonds is 1. The third kappa shape index (κ3) is 4.02. The van der Waals surface area contributed by atoms with Crippen LogP contribution < -0.4 is 0 Å². The first kappa shape index (κ1) is 18.2. The molecule has 124 valence electrons. The minimum Gasteiger partial charge on any atom is -0.247 e. The fourth-order valence-corrected chi connectivity index (χ4v) is 2.35. The molecule has 24 heavy (non-hydrogen) atoms. The molecule has 2 aromatic carbocycles. The van der Waals surface area contributed by atoms with Crippen LogP contribution in [-0.2, 0) is 22.5 Å². The molecule has 0 amide bonds. The second-order valence-corrected chi connectivity index (χ2v) is 6.52. The number of hydrogen-bond donors (Lipinski definition) is 0. The van der Waals surface area contributed by atoms with Crippen molar-refractivity contribution in [3.05, 3.63) is 78.6 Å². The molecule has 0 spiro atoms. The van der Waals surface area contributed by atoms with Gasteiger partial charge >= 0.3 is 17.1 Å². The number of nitrogens with zero attached hydrogens (tertiary/aromatic N) is 3. The summed E-state index contributed by atoms with van der Waals surface area (Å²) in [6, 6.07) is 22.3. The van der Waals surface area contributed by atoms with E-state index in [0.29, 0.717) is 0 Å². The maximum Gasteiger partial charge on any atom is 2.00 e. The largest absolute Gasteiger partial charge is 2.00 e. The molecule has 0 saturated carbocycles. The quantitative estimate of drug-likeness (QED) is 0.360. The number of fused-ring (bicyclic) bond motifs is 1. The van der Waals surface area contributed by atoms with Crippen LogP contribution in [0.5, 0.6) is 0 Å². The zero-order valence-corrected chi connectivity index (χ0v) is 15.2. The molecule has 0 fully saturated rings. The second kappa shape index (κ2) is 7.61. The predicted molar refractivity (Wildman–Crippen MR) is 94.8 cm³/mol. The zero-order valence-electron chi connectivity index (χ0n) is 14.1. The predicted octanol–water partition coefficient (Wildman–Crippen LogP) is 4.82. The fraction of sp³-hybridized carbons (Fsp3) is 0.200. The van der Waals surface area contributed by atoms with Crippen LogP contribution in [0.1, 0.15) is 26.5 Å². The Bertz CT molecular complexity index is 833. The second-order valence-electron chi connectivity index (χ2n) is 6.52. The van der Waals surface area contributed by atoms with Crippen LogP contribution in [0, 0.1) is 0 Å². The van der Waals surface area contributed by atoms with Gasteiger partial charge in [0.15, 0.2) is 5.65 Å². The van der Waals surface area contributed by atoms with Crippen molar-refractivity contribution >= 4 is 5.65 Å². The van der Waals surface area contributed by atoms with Crippen molar-refractivity contribution in [2.45, 2.75) is 26.2 Å². The van der Waals surface area contributed by atoms with Crippen LogP contribution in [0.3, 0.4) is 0 Å². The van der Waals surface area contributed by atoms with E-state index in [-0.39, 0.29) is 22.5 Å². The zero-order chi connectivity index (χ0) is 16.3. The van der Waals surface area contributed by atoms with Crippen molar-refractivity contribution in [2.75, 3.05) is 0 Å². The molecule has 2 heterocycles. The van der Waals surface area contributed by atoms with Gasteiger partial charge in [0.25, 0.3) is 0 Å². The van der Waals surface area contributed by atoms with Crippen molar-refractivity contribution < 1.29 is 17.1 Å². The van der Waals surface area contributed by atoms with E-state index in [1.165, 1.54) is 5.56 Å². The third-order valence-corrected chi connectivity index (χ3v) is 3.64. The van der Waals surface area contributed by atoms with E-state index >= 15 is 0 Å². The first-order valence-corrected chi connectivity index (χ1v) is 7.80. The van der Waals surface area contributed by atoms with E-state index in [1.54, 1.807) is 0 Å². The van der Waals surface area contributed by atoms with E-state index in [4.69, 9.17) is 5.10 Å². The third-order valence-electron chi connectivity index (χ3n) is 3.64. The van der Waals surface area contributed by atoms with Crippen LogP contribution in [-0.4, -0.2) is 14.6 Å². The average Bonchev–Trinajstić information content (AvgIpc) is 3.26. The average molecular weight is 359 g/mol. The molecule has 0 unspecified atom stereocenters. The smallest absolute Gasteiger partial charge is 0.247 e. The molecule has 3 nitrogen and oxygen atoms in total. The summed E-state index contributed by atoms with van der Waals surface area (Å²) in [4.78, 5) is 4.39. The molecule has 4 heteroatoms. The van der Waals surface area contributed by atoms with Crippen LogP contribution in [0.25, 0.3) is 16.9 Å². The summed E-state index contributed by atoms with van der Waals surface area (Å²) >= 11 is 0. The van der Waals surface area contributed by atoms with Gasteiger partial charge in [-0.1, -0.05) is 32.4 Å². The Kier molecular flexibility index (Phi) is 5.76. The number of aromatic nitrogens is 3. The maximum atomic E-state index is 4.69. The monoisotopic (exact) mass is 359 g/mol. The van der Waals surface area contributed by atoms with Crippen LogP contribution >= 0.6 is 0 Å². The van der Waals surface area contributed by atoms with Crippen molar-refractivity contribution in [1.82, 2.24) is 14.6 Å². The molecule has 4 aromatic rings. The summed E-state index contributed by atoms with van der Waals surface area (Å²) < 4.78 is 1.93. The molecule has 0 N–H and O–H groups in total. The molecule has 2 aromatic heterocycles. The Morgan fingerprint density at radius 3 is 2.25 bits per heavy atom. The van der Waals surface area contributed by atoms with E-state index < -0.39 is 0 Å². The Hall–Kier alpha value is -2.16. The van der Waals surface area contributed by atoms with Gasteiger partial charge in [-0.2, -0.15) is 35.4 Å². The Balaban J connectivity index is 0.000000300. The van der Waals surface area contributed by atoms with E-state index in [0.717, 1.165) is 17.0 Å². The van der Waals surface area contributed by atoms with Crippen molar-refractivity contribution in [1.29, 1.82) is 0 Å². The molecule has 0 aliphatic rings. The molecule has 0 saturated heterocycles. The van der Waals surface area contributed by atoms with Crippen molar-refractivity contribution in [3.63, 3.8) is 0 Å². The SMILES string of the molecule is CC(C)(C)c1cc2nccc(-[c-]3cccc3)n2n1.[Fe+2].c1cc[cH-]c1. The molecule has 0 atom stereocenters. The van der Waals surface area contributed by atoms with Gasteiger partial charge in [0.1, 0.15) is 0 Å². The minimum atomic E-state index is 0. The van der Waals surface area contributed by atoms with E-state index in [9.17, 15) is 0 Å². The van der Waals surface area contributed by atoms with Gasteiger partial charge in [0, 0.05) is 11.5 Å². The van der Waals surface area contributed by atoms with Crippen molar-refractivity contribution in [3.8, 4) is 11.3 Å². The summed E-state index contributed by atoms with van der Waals surface area (Å²) in [7, 11) is 0. The molecule has 0 bridgehead atoms. The first-order chi connectivity index (χ1) is 11.1. The summed E-state index contributed by atoms with van der Waals surface area (Å²) in [5.41, 5.74) is 4.26. The topological polar surface area (TPSA) is 30.2 Å². The first-order valence-electron chi connectivity index (χ1n) is 7.80. The van der Waals surface area contributed by atoms with E-state index in [2.05, 4.69) is 44.0 Å². The molecule has 4 rings (SSSR count). The van der Waals surface area contributed by atoms with Gasteiger partial charge in [-0.25, -0.2) is 21.6 Å². The standard InChI is InChI=1S/C15H16N3.C5H5.Fe/c1-15(2,3)13-10-14-16-9-8-12(18(14)17-13)11-6-4-5-7-11;1-2-4-5-3-1;/h4-10H,1-3H3;1-5H;/q2*-1;+2. The Morgan fingerprint density at radius 2 is 1.71 bits per heavy atom. The van der Waals surface area contributed by atoms with Gasteiger partial charge in [-0.3, -0.25) is 0 Å². The van der Waals surface area contributed by atoms with Gasteiger partial charge in [-0.15, -0.1) is 12.1 Å². The van der Waals surface area contributed by atoms with Gasteiger partial charge in [0.05, 0.1) is 5.69 Å². The normalized spacial score (nSPS) is 10.8. The van der Waals surface area contributed by atoms with Crippen LogP contribution in [0.2, 0.25) is 0 Å². The summed E-state index contributed by atoms with van der Waals surface area (Å²) in [6.45, 7) is 6.49. The van der Waals surface area contributed by atoms with Gasteiger partial charge in [0.2, 0.25) is 0 Å². The molecule has 0 radical (unpaired) electrons. The maximum absolute atomic E-state index is 4.69.